The first kappa shape index (κ1) is 18.5. The van der Waals surface area contributed by atoms with Crippen molar-refractivity contribution in [2.24, 2.45) is 5.92 Å². The summed E-state index contributed by atoms with van der Waals surface area (Å²) in [6.45, 7) is 2.80. The molecule has 0 unspecified atom stereocenters. The molecule has 1 aromatic heterocycles. The standard InChI is InChI=1S/C20H26N2O4/c1-13(21-12-14-6-4-3-5-7-14)19-17(20(23)24)18(22-26-19)15-8-10-16(25-2)11-9-15/h8-11,13-14,21H,3-7,12H2,1-2H3,(H,23,24)/t13-/m1/s1. The lowest BCUT2D eigenvalue weighted by molar-refractivity contribution is 0.0694. The van der Waals surface area contributed by atoms with E-state index in [9.17, 15) is 9.90 Å². The summed E-state index contributed by atoms with van der Waals surface area (Å²) in [6.07, 6.45) is 6.36. The Morgan fingerprint density at radius 3 is 2.62 bits per heavy atom. The van der Waals surface area contributed by atoms with E-state index in [0.717, 1.165) is 6.54 Å². The highest BCUT2D eigenvalue weighted by molar-refractivity contribution is 5.96. The molecule has 1 heterocycles. The van der Waals surface area contributed by atoms with Crippen molar-refractivity contribution in [2.75, 3.05) is 13.7 Å². The maximum Gasteiger partial charge on any atom is 0.341 e. The fraction of sp³-hybridized carbons (Fsp3) is 0.500. The molecule has 3 rings (SSSR count). The van der Waals surface area contributed by atoms with Crippen LogP contribution < -0.4 is 10.1 Å². The summed E-state index contributed by atoms with van der Waals surface area (Å²) < 4.78 is 10.6. The Kier molecular flexibility index (Phi) is 5.93. The van der Waals surface area contributed by atoms with Crippen LogP contribution in [0.5, 0.6) is 5.75 Å². The van der Waals surface area contributed by atoms with Crippen LogP contribution in [-0.2, 0) is 0 Å². The number of hydrogen-bond donors (Lipinski definition) is 2. The lowest BCUT2D eigenvalue weighted by Gasteiger charge is -2.23. The van der Waals surface area contributed by atoms with Crippen LogP contribution in [0.25, 0.3) is 11.3 Å². The molecule has 0 radical (unpaired) electrons. The van der Waals surface area contributed by atoms with E-state index in [1.165, 1.54) is 32.1 Å². The number of ether oxygens (including phenoxy) is 1. The van der Waals surface area contributed by atoms with Gasteiger partial charge in [0, 0.05) is 5.56 Å². The van der Waals surface area contributed by atoms with Crippen molar-refractivity contribution >= 4 is 5.97 Å². The van der Waals surface area contributed by atoms with E-state index in [1.807, 2.05) is 6.92 Å². The molecule has 0 saturated heterocycles. The van der Waals surface area contributed by atoms with Crippen LogP contribution >= 0.6 is 0 Å². The molecular weight excluding hydrogens is 332 g/mol. The second-order valence-electron chi connectivity index (χ2n) is 6.94. The maximum absolute atomic E-state index is 11.9. The first-order valence-electron chi connectivity index (χ1n) is 9.20. The summed E-state index contributed by atoms with van der Waals surface area (Å²) in [5.41, 5.74) is 1.16. The van der Waals surface area contributed by atoms with Crippen LogP contribution in [0.2, 0.25) is 0 Å². The average Bonchev–Trinajstić information content (AvgIpc) is 3.12. The number of aromatic carboxylic acids is 1. The number of rotatable bonds is 7. The summed E-state index contributed by atoms with van der Waals surface area (Å²) in [4.78, 5) is 11.9. The third-order valence-electron chi connectivity index (χ3n) is 5.13. The topological polar surface area (TPSA) is 84.6 Å². The minimum Gasteiger partial charge on any atom is -0.497 e. The van der Waals surface area contributed by atoms with Crippen molar-refractivity contribution in [3.8, 4) is 17.0 Å². The second kappa shape index (κ2) is 8.36. The second-order valence-corrected chi connectivity index (χ2v) is 6.94. The van der Waals surface area contributed by atoms with Gasteiger partial charge in [-0.2, -0.15) is 0 Å². The van der Waals surface area contributed by atoms with Gasteiger partial charge in [0.2, 0.25) is 0 Å². The van der Waals surface area contributed by atoms with Gasteiger partial charge in [0.15, 0.2) is 5.76 Å². The highest BCUT2D eigenvalue weighted by atomic mass is 16.5. The zero-order chi connectivity index (χ0) is 18.5. The molecule has 0 amide bonds. The SMILES string of the molecule is COc1ccc(-c2noc([C@@H](C)NCC3CCCCC3)c2C(=O)O)cc1. The Morgan fingerprint density at radius 2 is 2.00 bits per heavy atom. The van der Waals surface area contributed by atoms with E-state index in [1.54, 1.807) is 31.4 Å². The third-order valence-corrected chi connectivity index (χ3v) is 5.13. The minimum atomic E-state index is -1.03. The fourth-order valence-corrected chi connectivity index (χ4v) is 3.58. The Hall–Kier alpha value is -2.34. The number of benzene rings is 1. The van der Waals surface area contributed by atoms with Gasteiger partial charge >= 0.3 is 5.97 Å². The third kappa shape index (κ3) is 4.07. The Balaban J connectivity index is 1.78. The van der Waals surface area contributed by atoms with E-state index >= 15 is 0 Å². The molecule has 2 N–H and O–H groups in total. The van der Waals surface area contributed by atoms with E-state index in [-0.39, 0.29) is 11.6 Å². The summed E-state index contributed by atoms with van der Waals surface area (Å²) in [5.74, 6) is 0.706. The van der Waals surface area contributed by atoms with E-state index in [2.05, 4.69) is 10.5 Å². The Morgan fingerprint density at radius 1 is 1.31 bits per heavy atom. The molecule has 1 fully saturated rings. The van der Waals surface area contributed by atoms with Crippen LogP contribution in [0.3, 0.4) is 0 Å². The highest BCUT2D eigenvalue weighted by Crippen LogP contribution is 2.31. The number of aromatic nitrogens is 1. The molecule has 0 aliphatic heterocycles. The molecule has 26 heavy (non-hydrogen) atoms. The van der Waals surface area contributed by atoms with Gasteiger partial charge in [-0.25, -0.2) is 4.79 Å². The van der Waals surface area contributed by atoms with Gasteiger partial charge in [0.25, 0.3) is 0 Å². The number of nitrogens with one attached hydrogen (secondary N) is 1. The summed E-state index contributed by atoms with van der Waals surface area (Å²) >= 11 is 0. The smallest absolute Gasteiger partial charge is 0.341 e. The van der Waals surface area contributed by atoms with Gasteiger partial charge < -0.3 is 19.7 Å². The van der Waals surface area contributed by atoms with Gasteiger partial charge in [0.1, 0.15) is 17.0 Å². The lowest BCUT2D eigenvalue weighted by atomic mass is 9.89. The molecule has 0 bridgehead atoms. The van der Waals surface area contributed by atoms with E-state index in [0.29, 0.717) is 28.7 Å². The molecule has 1 atom stereocenters. The summed E-state index contributed by atoms with van der Waals surface area (Å²) in [5, 5.41) is 17.2. The van der Waals surface area contributed by atoms with Crippen LogP contribution in [-0.4, -0.2) is 29.9 Å². The Bertz CT molecular complexity index is 733. The Labute approximate surface area is 153 Å². The van der Waals surface area contributed by atoms with Crippen molar-refractivity contribution in [3.63, 3.8) is 0 Å². The van der Waals surface area contributed by atoms with Crippen LogP contribution in [0, 0.1) is 5.92 Å². The van der Waals surface area contributed by atoms with Crippen molar-refractivity contribution in [1.82, 2.24) is 10.5 Å². The van der Waals surface area contributed by atoms with Crippen molar-refractivity contribution < 1.29 is 19.2 Å². The molecular formula is C20H26N2O4. The first-order valence-corrected chi connectivity index (χ1v) is 9.20. The quantitative estimate of drug-likeness (QED) is 0.768. The number of nitrogens with zero attached hydrogens (tertiary/aromatic N) is 1. The fourth-order valence-electron chi connectivity index (χ4n) is 3.58. The molecule has 1 aromatic carbocycles. The van der Waals surface area contributed by atoms with Crippen LogP contribution in [0.4, 0.5) is 0 Å². The predicted molar refractivity (Wildman–Crippen MR) is 98.4 cm³/mol. The summed E-state index contributed by atoms with van der Waals surface area (Å²) in [7, 11) is 1.59. The lowest BCUT2D eigenvalue weighted by Crippen LogP contribution is -2.27. The highest BCUT2D eigenvalue weighted by Gasteiger charge is 2.27. The van der Waals surface area contributed by atoms with Gasteiger partial charge in [-0.3, -0.25) is 0 Å². The molecule has 0 spiro atoms. The molecule has 6 heteroatoms. The zero-order valence-electron chi connectivity index (χ0n) is 15.3. The maximum atomic E-state index is 11.9. The molecule has 1 aliphatic carbocycles. The van der Waals surface area contributed by atoms with Crippen molar-refractivity contribution in [3.05, 3.63) is 35.6 Å². The van der Waals surface area contributed by atoms with Gasteiger partial charge in [-0.15, -0.1) is 0 Å². The molecule has 140 valence electrons. The van der Waals surface area contributed by atoms with Gasteiger partial charge in [0.05, 0.1) is 13.2 Å². The number of hydrogen-bond acceptors (Lipinski definition) is 5. The predicted octanol–water partition coefficient (Wildman–Crippen LogP) is 4.28. The molecule has 1 saturated carbocycles. The first-order chi connectivity index (χ1) is 12.6. The van der Waals surface area contributed by atoms with Crippen molar-refractivity contribution in [1.29, 1.82) is 0 Å². The molecule has 6 nitrogen and oxygen atoms in total. The molecule has 1 aliphatic rings. The van der Waals surface area contributed by atoms with Crippen LogP contribution in [0.15, 0.2) is 28.8 Å². The summed E-state index contributed by atoms with van der Waals surface area (Å²) in [6, 6.07) is 6.92. The molecule has 2 aromatic rings. The zero-order valence-corrected chi connectivity index (χ0v) is 15.3. The number of methoxy groups -OCH3 is 1. The monoisotopic (exact) mass is 358 g/mol. The van der Waals surface area contributed by atoms with E-state index < -0.39 is 5.97 Å². The number of carbonyl (C=O) groups is 1. The van der Waals surface area contributed by atoms with Crippen molar-refractivity contribution in [2.45, 2.75) is 45.1 Å². The largest absolute Gasteiger partial charge is 0.497 e. The number of carboxylic acids is 1. The number of carboxylic acid groups (broad SMARTS) is 1. The van der Waals surface area contributed by atoms with Gasteiger partial charge in [-0.05, 0) is 56.5 Å². The average molecular weight is 358 g/mol. The minimum absolute atomic E-state index is 0.124. The van der Waals surface area contributed by atoms with Gasteiger partial charge in [-0.1, -0.05) is 24.4 Å². The van der Waals surface area contributed by atoms with E-state index in [4.69, 9.17) is 9.26 Å². The normalized spacial score (nSPS) is 16.4. The van der Waals surface area contributed by atoms with Crippen LogP contribution in [0.1, 0.15) is 61.2 Å².